The molecule has 0 bridgehead atoms. The molecule has 0 heterocycles. The lowest BCUT2D eigenvalue weighted by atomic mass is 10.1. The van der Waals surface area contributed by atoms with Gasteiger partial charge >= 0.3 is 5.97 Å². The van der Waals surface area contributed by atoms with Crippen molar-refractivity contribution in [1.29, 1.82) is 0 Å². The lowest BCUT2D eigenvalue weighted by Crippen LogP contribution is -2.36. The Labute approximate surface area is 133 Å². The molecule has 0 aliphatic heterocycles. The van der Waals surface area contributed by atoms with Crippen LogP contribution in [0.4, 0.5) is 0 Å². The Bertz CT molecular complexity index is 476. The zero-order valence-corrected chi connectivity index (χ0v) is 13.9. The van der Waals surface area contributed by atoms with Crippen molar-refractivity contribution in [1.82, 2.24) is 10.2 Å². The van der Waals surface area contributed by atoms with Crippen LogP contribution in [0.5, 0.6) is 0 Å². The van der Waals surface area contributed by atoms with Gasteiger partial charge in [-0.2, -0.15) is 0 Å². The van der Waals surface area contributed by atoms with Crippen molar-refractivity contribution in [3.8, 4) is 0 Å². The summed E-state index contributed by atoms with van der Waals surface area (Å²) in [6.45, 7) is 2.79. The highest BCUT2D eigenvalue weighted by Crippen LogP contribution is 2.16. The van der Waals surface area contributed by atoms with E-state index in [1.54, 1.807) is 0 Å². The molecule has 0 spiro atoms. The molecule has 1 aromatic rings. The zero-order chi connectivity index (χ0) is 15.8. The van der Waals surface area contributed by atoms with Gasteiger partial charge in [0, 0.05) is 10.9 Å². The summed E-state index contributed by atoms with van der Waals surface area (Å²) in [5.41, 5.74) is 1.04. The van der Waals surface area contributed by atoms with Gasteiger partial charge in [0.2, 0.25) is 5.91 Å². The average molecular weight is 357 g/mol. The van der Waals surface area contributed by atoms with E-state index in [1.807, 2.05) is 43.1 Å². The van der Waals surface area contributed by atoms with E-state index in [9.17, 15) is 9.59 Å². The lowest BCUT2D eigenvalue weighted by molar-refractivity contribution is -0.137. The SMILES string of the molecule is CC(NC(=O)CN(C)CCCC(=O)O)c1ccc(Br)cc1. The molecule has 0 aliphatic carbocycles. The van der Waals surface area contributed by atoms with Crippen LogP contribution in [0.3, 0.4) is 0 Å². The van der Waals surface area contributed by atoms with E-state index >= 15 is 0 Å². The molecule has 0 saturated heterocycles. The number of nitrogens with one attached hydrogen (secondary N) is 1. The van der Waals surface area contributed by atoms with Crippen LogP contribution in [0.15, 0.2) is 28.7 Å². The predicted octanol–water partition coefficient (Wildman–Crippen LogP) is 2.42. The molecule has 1 atom stereocenters. The summed E-state index contributed by atoms with van der Waals surface area (Å²) in [5, 5.41) is 11.5. The molecule has 1 aromatic carbocycles. The smallest absolute Gasteiger partial charge is 0.303 e. The lowest BCUT2D eigenvalue weighted by Gasteiger charge is -2.19. The number of nitrogens with zero attached hydrogens (tertiary/aromatic N) is 1. The summed E-state index contributed by atoms with van der Waals surface area (Å²) < 4.78 is 1.00. The van der Waals surface area contributed by atoms with Crippen molar-refractivity contribution < 1.29 is 14.7 Å². The second-order valence-corrected chi connectivity index (χ2v) is 5.99. The largest absolute Gasteiger partial charge is 0.481 e. The van der Waals surface area contributed by atoms with E-state index < -0.39 is 5.97 Å². The first-order chi connectivity index (χ1) is 9.88. The van der Waals surface area contributed by atoms with Crippen molar-refractivity contribution in [3.63, 3.8) is 0 Å². The summed E-state index contributed by atoms with van der Waals surface area (Å²) >= 11 is 3.38. The minimum atomic E-state index is -0.809. The highest BCUT2D eigenvalue weighted by molar-refractivity contribution is 9.10. The molecule has 5 nitrogen and oxygen atoms in total. The first kappa shape index (κ1) is 17.7. The van der Waals surface area contributed by atoms with Gasteiger partial charge in [0.25, 0.3) is 0 Å². The number of benzene rings is 1. The number of amides is 1. The standard InChI is InChI=1S/C15H21BrN2O3/c1-11(12-5-7-13(16)8-6-12)17-14(19)10-18(2)9-3-4-15(20)21/h5-8,11H,3-4,9-10H2,1-2H3,(H,17,19)(H,20,21). The summed E-state index contributed by atoms with van der Waals surface area (Å²) in [7, 11) is 1.81. The predicted molar refractivity (Wildman–Crippen MR) is 85.1 cm³/mol. The third kappa shape index (κ3) is 7.24. The fraction of sp³-hybridized carbons (Fsp3) is 0.467. The van der Waals surface area contributed by atoms with Crippen molar-refractivity contribution >= 4 is 27.8 Å². The minimum absolute atomic E-state index is 0.0574. The molecular weight excluding hydrogens is 336 g/mol. The molecule has 0 aliphatic rings. The molecule has 6 heteroatoms. The van der Waals surface area contributed by atoms with Gasteiger partial charge in [-0.25, -0.2) is 0 Å². The first-order valence-corrected chi connectivity index (χ1v) is 7.63. The second-order valence-electron chi connectivity index (χ2n) is 5.08. The number of carbonyl (C=O) groups excluding carboxylic acids is 1. The van der Waals surface area contributed by atoms with Crippen molar-refractivity contribution in [3.05, 3.63) is 34.3 Å². The van der Waals surface area contributed by atoms with Gasteiger partial charge in [0.15, 0.2) is 0 Å². The molecule has 0 radical (unpaired) electrons. The average Bonchev–Trinajstić information content (AvgIpc) is 2.38. The van der Waals surface area contributed by atoms with E-state index in [0.717, 1.165) is 10.0 Å². The summed E-state index contributed by atoms with van der Waals surface area (Å²) in [6.07, 6.45) is 0.669. The number of carboxylic acid groups (broad SMARTS) is 1. The maximum atomic E-state index is 11.9. The molecule has 1 unspecified atom stereocenters. The maximum absolute atomic E-state index is 11.9. The third-order valence-electron chi connectivity index (χ3n) is 3.09. The molecule has 0 saturated carbocycles. The Morgan fingerprint density at radius 1 is 1.33 bits per heavy atom. The van der Waals surface area contributed by atoms with Gasteiger partial charge in [-0.15, -0.1) is 0 Å². The molecule has 21 heavy (non-hydrogen) atoms. The molecule has 0 aromatic heterocycles. The highest BCUT2D eigenvalue weighted by Gasteiger charge is 2.11. The van der Waals surface area contributed by atoms with Crippen molar-refractivity contribution in [2.24, 2.45) is 0 Å². The first-order valence-electron chi connectivity index (χ1n) is 6.83. The second kappa shape index (κ2) is 8.79. The molecule has 1 rings (SSSR count). The van der Waals surface area contributed by atoms with Gasteiger partial charge in [-0.05, 0) is 44.6 Å². The van der Waals surface area contributed by atoms with E-state index in [1.165, 1.54) is 0 Å². The minimum Gasteiger partial charge on any atom is -0.481 e. The molecule has 116 valence electrons. The maximum Gasteiger partial charge on any atom is 0.303 e. The Balaban J connectivity index is 2.35. The van der Waals surface area contributed by atoms with E-state index in [4.69, 9.17) is 5.11 Å². The number of halogens is 1. The number of rotatable bonds is 8. The summed E-state index contributed by atoms with van der Waals surface area (Å²) in [4.78, 5) is 24.2. The van der Waals surface area contributed by atoms with Crippen LogP contribution < -0.4 is 5.32 Å². The van der Waals surface area contributed by atoms with Crippen LogP contribution in [0.2, 0.25) is 0 Å². The fourth-order valence-corrected chi connectivity index (χ4v) is 2.21. The van der Waals surface area contributed by atoms with Crippen molar-refractivity contribution in [2.45, 2.75) is 25.8 Å². The van der Waals surface area contributed by atoms with E-state index in [0.29, 0.717) is 13.0 Å². The molecule has 1 amide bonds. The van der Waals surface area contributed by atoms with E-state index in [2.05, 4.69) is 21.2 Å². The third-order valence-corrected chi connectivity index (χ3v) is 3.62. The van der Waals surface area contributed by atoms with E-state index in [-0.39, 0.29) is 24.9 Å². The van der Waals surface area contributed by atoms with Gasteiger partial charge in [0.1, 0.15) is 0 Å². The number of carbonyl (C=O) groups is 2. The quantitative estimate of drug-likeness (QED) is 0.750. The monoisotopic (exact) mass is 356 g/mol. The topological polar surface area (TPSA) is 69.6 Å². The highest BCUT2D eigenvalue weighted by atomic mass is 79.9. The van der Waals surface area contributed by atoms with Crippen LogP contribution in [0.1, 0.15) is 31.4 Å². The van der Waals surface area contributed by atoms with Gasteiger partial charge < -0.3 is 10.4 Å². The van der Waals surface area contributed by atoms with Crippen LogP contribution >= 0.6 is 15.9 Å². The Hall–Kier alpha value is -1.40. The number of carboxylic acids is 1. The Kier molecular flexibility index (Phi) is 7.39. The molecule has 2 N–H and O–H groups in total. The fourth-order valence-electron chi connectivity index (χ4n) is 1.95. The summed E-state index contributed by atoms with van der Waals surface area (Å²) in [6, 6.07) is 7.75. The van der Waals surface area contributed by atoms with Crippen molar-refractivity contribution in [2.75, 3.05) is 20.1 Å². The number of hydrogen-bond acceptors (Lipinski definition) is 3. The summed E-state index contributed by atoms with van der Waals surface area (Å²) in [5.74, 6) is -0.875. The van der Waals surface area contributed by atoms with Crippen LogP contribution in [-0.4, -0.2) is 42.0 Å². The van der Waals surface area contributed by atoms with Crippen LogP contribution in [-0.2, 0) is 9.59 Å². The molecule has 0 fully saturated rings. The number of hydrogen-bond donors (Lipinski definition) is 2. The number of likely N-dealkylation sites (N-methyl/N-ethyl adjacent to an activating group) is 1. The molecular formula is C15H21BrN2O3. The van der Waals surface area contributed by atoms with Gasteiger partial charge in [-0.1, -0.05) is 28.1 Å². The Morgan fingerprint density at radius 3 is 2.52 bits per heavy atom. The number of aliphatic carboxylic acids is 1. The zero-order valence-electron chi connectivity index (χ0n) is 12.3. The Morgan fingerprint density at radius 2 is 1.95 bits per heavy atom. The van der Waals surface area contributed by atoms with Crippen LogP contribution in [0, 0.1) is 0 Å². The van der Waals surface area contributed by atoms with Gasteiger partial charge in [0.05, 0.1) is 12.6 Å². The van der Waals surface area contributed by atoms with Gasteiger partial charge in [-0.3, -0.25) is 14.5 Å². The normalized spacial score (nSPS) is 12.2. The van der Waals surface area contributed by atoms with Crippen LogP contribution in [0.25, 0.3) is 0 Å².